The molecule has 10 heteroatoms. The van der Waals surface area contributed by atoms with Crippen molar-refractivity contribution < 1.29 is 22.7 Å². The van der Waals surface area contributed by atoms with Gasteiger partial charge in [0.05, 0.1) is 40.4 Å². The number of methoxy groups -OCH3 is 2. The van der Waals surface area contributed by atoms with Crippen LogP contribution in [0.25, 0.3) is 0 Å². The van der Waals surface area contributed by atoms with E-state index in [0.717, 1.165) is 0 Å². The Bertz CT molecular complexity index is 948. The Morgan fingerprint density at radius 3 is 2.23 bits per heavy atom. The van der Waals surface area contributed by atoms with Crippen molar-refractivity contribution in [2.45, 2.75) is 4.90 Å². The fraction of sp³-hybridized carbons (Fsp3) is 0.188. The van der Waals surface area contributed by atoms with E-state index in [1.165, 1.54) is 51.6 Å². The first-order chi connectivity index (χ1) is 12.2. The number of benzene rings is 2. The van der Waals surface area contributed by atoms with Crippen LogP contribution in [0, 0.1) is 0 Å². The zero-order chi connectivity index (χ0) is 19.5. The van der Waals surface area contributed by atoms with Gasteiger partial charge in [-0.3, -0.25) is 4.79 Å². The molecule has 7 nitrogen and oxygen atoms in total. The predicted octanol–water partition coefficient (Wildman–Crippen LogP) is 3.17. The summed E-state index contributed by atoms with van der Waals surface area (Å²) >= 11 is 12.1. The molecular formula is C16H16Cl2N2O5S. The summed E-state index contributed by atoms with van der Waals surface area (Å²) in [6, 6.07) is 6.79. The van der Waals surface area contributed by atoms with Crippen LogP contribution >= 0.6 is 23.2 Å². The summed E-state index contributed by atoms with van der Waals surface area (Å²) in [6.07, 6.45) is 0. The van der Waals surface area contributed by atoms with Crippen LogP contribution in [-0.2, 0) is 10.0 Å². The molecule has 0 unspecified atom stereocenters. The highest BCUT2D eigenvalue weighted by atomic mass is 35.5. The molecular weight excluding hydrogens is 403 g/mol. The van der Waals surface area contributed by atoms with Gasteiger partial charge in [0, 0.05) is 12.1 Å². The number of hydrogen-bond acceptors (Lipinski definition) is 5. The van der Waals surface area contributed by atoms with Crippen molar-refractivity contribution in [3.8, 4) is 11.5 Å². The lowest BCUT2D eigenvalue weighted by Crippen LogP contribution is -2.20. The smallest absolute Gasteiger partial charge is 0.257 e. The van der Waals surface area contributed by atoms with Gasteiger partial charge in [-0.25, -0.2) is 13.1 Å². The number of hydrogen-bond donors (Lipinski definition) is 2. The monoisotopic (exact) mass is 418 g/mol. The zero-order valence-electron chi connectivity index (χ0n) is 14.1. The quantitative estimate of drug-likeness (QED) is 0.750. The molecule has 0 fully saturated rings. The van der Waals surface area contributed by atoms with Crippen molar-refractivity contribution in [2.75, 3.05) is 26.6 Å². The second-order valence-corrected chi connectivity index (χ2v) is 7.69. The van der Waals surface area contributed by atoms with Crippen molar-refractivity contribution in [2.24, 2.45) is 0 Å². The SMILES string of the molecule is CNS(=O)(=O)c1ccc(Cl)c(C(=O)Nc2cc(OC)c(Cl)cc2OC)c1. The first kappa shape index (κ1) is 20.3. The molecule has 0 aromatic heterocycles. The van der Waals surface area contributed by atoms with E-state index >= 15 is 0 Å². The second-order valence-electron chi connectivity index (χ2n) is 4.99. The first-order valence-electron chi connectivity index (χ1n) is 7.19. The van der Waals surface area contributed by atoms with Gasteiger partial charge in [0.1, 0.15) is 11.5 Å². The van der Waals surface area contributed by atoms with Crippen molar-refractivity contribution in [3.05, 3.63) is 45.9 Å². The van der Waals surface area contributed by atoms with Crippen molar-refractivity contribution in [3.63, 3.8) is 0 Å². The normalized spacial score (nSPS) is 11.1. The molecule has 2 rings (SSSR count). The molecule has 2 aromatic rings. The van der Waals surface area contributed by atoms with E-state index < -0.39 is 15.9 Å². The van der Waals surface area contributed by atoms with Gasteiger partial charge in [-0.1, -0.05) is 23.2 Å². The van der Waals surface area contributed by atoms with Gasteiger partial charge in [0.15, 0.2) is 0 Å². The number of rotatable bonds is 6. The Kier molecular flexibility index (Phi) is 6.35. The van der Waals surface area contributed by atoms with Crippen molar-refractivity contribution >= 4 is 44.8 Å². The van der Waals surface area contributed by atoms with Crippen molar-refractivity contribution in [1.29, 1.82) is 0 Å². The number of ether oxygens (including phenoxy) is 2. The van der Waals surface area contributed by atoms with Crippen LogP contribution in [0.4, 0.5) is 5.69 Å². The minimum Gasteiger partial charge on any atom is -0.495 e. The Balaban J connectivity index is 2.44. The molecule has 0 aliphatic carbocycles. The summed E-state index contributed by atoms with van der Waals surface area (Å²) in [4.78, 5) is 12.5. The molecule has 2 N–H and O–H groups in total. The minimum absolute atomic E-state index is 0.0149. The van der Waals surface area contributed by atoms with E-state index in [0.29, 0.717) is 16.5 Å². The van der Waals surface area contributed by atoms with Crippen LogP contribution in [0.2, 0.25) is 10.0 Å². The van der Waals surface area contributed by atoms with E-state index in [-0.39, 0.29) is 21.2 Å². The van der Waals surface area contributed by atoms with E-state index in [9.17, 15) is 13.2 Å². The summed E-state index contributed by atoms with van der Waals surface area (Å²) in [5, 5.41) is 3.02. The Labute approximate surface area is 161 Å². The highest BCUT2D eigenvalue weighted by Gasteiger charge is 2.19. The lowest BCUT2D eigenvalue weighted by molar-refractivity contribution is 0.102. The molecule has 0 saturated heterocycles. The van der Waals surface area contributed by atoms with Gasteiger partial charge in [-0.05, 0) is 25.2 Å². The largest absolute Gasteiger partial charge is 0.495 e. The summed E-state index contributed by atoms with van der Waals surface area (Å²) in [5.41, 5.74) is 0.274. The third-order valence-electron chi connectivity index (χ3n) is 3.48. The zero-order valence-corrected chi connectivity index (χ0v) is 16.4. The van der Waals surface area contributed by atoms with Crippen LogP contribution in [0.5, 0.6) is 11.5 Å². The molecule has 0 saturated carbocycles. The van der Waals surface area contributed by atoms with Crippen LogP contribution in [0.15, 0.2) is 35.2 Å². The van der Waals surface area contributed by atoms with Gasteiger partial charge in [-0.15, -0.1) is 0 Å². The molecule has 0 atom stereocenters. The van der Waals surface area contributed by atoms with E-state index in [1.807, 2.05) is 0 Å². The number of sulfonamides is 1. The average Bonchev–Trinajstić information content (AvgIpc) is 2.62. The summed E-state index contributed by atoms with van der Waals surface area (Å²) in [7, 11) is 0.399. The van der Waals surface area contributed by atoms with Gasteiger partial charge < -0.3 is 14.8 Å². The lowest BCUT2D eigenvalue weighted by Gasteiger charge is -2.14. The second kappa shape index (κ2) is 8.13. The number of carbonyl (C=O) groups is 1. The molecule has 0 spiro atoms. The highest BCUT2D eigenvalue weighted by Crippen LogP contribution is 2.36. The Morgan fingerprint density at radius 1 is 1.00 bits per heavy atom. The van der Waals surface area contributed by atoms with E-state index in [1.54, 1.807) is 0 Å². The van der Waals surface area contributed by atoms with Crippen LogP contribution in [0.3, 0.4) is 0 Å². The molecule has 0 heterocycles. The molecule has 0 aliphatic rings. The molecule has 140 valence electrons. The first-order valence-corrected chi connectivity index (χ1v) is 9.43. The summed E-state index contributed by atoms with van der Waals surface area (Å²) in [5.74, 6) is 0.0190. The van der Waals surface area contributed by atoms with Crippen LogP contribution in [-0.4, -0.2) is 35.6 Å². The van der Waals surface area contributed by atoms with Gasteiger partial charge in [0.2, 0.25) is 10.0 Å². The molecule has 0 bridgehead atoms. The number of carbonyl (C=O) groups excluding carboxylic acids is 1. The molecule has 2 aromatic carbocycles. The summed E-state index contributed by atoms with van der Waals surface area (Å²) in [6.45, 7) is 0. The third-order valence-corrected chi connectivity index (χ3v) is 5.52. The van der Waals surface area contributed by atoms with Gasteiger partial charge in [0.25, 0.3) is 5.91 Å². The average molecular weight is 419 g/mol. The van der Waals surface area contributed by atoms with Gasteiger partial charge >= 0.3 is 0 Å². The van der Waals surface area contributed by atoms with Gasteiger partial charge in [-0.2, -0.15) is 0 Å². The maximum atomic E-state index is 12.6. The molecule has 0 radical (unpaired) electrons. The van der Waals surface area contributed by atoms with Crippen molar-refractivity contribution in [1.82, 2.24) is 4.72 Å². The molecule has 0 aliphatic heterocycles. The van der Waals surface area contributed by atoms with E-state index in [2.05, 4.69) is 10.0 Å². The minimum atomic E-state index is -3.72. The molecule has 26 heavy (non-hydrogen) atoms. The van der Waals surface area contributed by atoms with Crippen LogP contribution in [0.1, 0.15) is 10.4 Å². The maximum Gasteiger partial charge on any atom is 0.257 e. The Morgan fingerprint density at radius 2 is 1.65 bits per heavy atom. The third kappa shape index (κ3) is 4.21. The fourth-order valence-corrected chi connectivity index (χ4v) is 3.30. The highest BCUT2D eigenvalue weighted by molar-refractivity contribution is 7.89. The fourth-order valence-electron chi connectivity index (χ4n) is 2.11. The Hall–Kier alpha value is -2.00. The lowest BCUT2D eigenvalue weighted by atomic mass is 10.2. The number of halogens is 2. The molecule has 1 amide bonds. The number of amides is 1. The topological polar surface area (TPSA) is 93.7 Å². The van der Waals surface area contributed by atoms with Crippen LogP contribution < -0.4 is 19.5 Å². The number of anilines is 1. The van der Waals surface area contributed by atoms with E-state index in [4.69, 9.17) is 32.7 Å². The summed E-state index contributed by atoms with van der Waals surface area (Å²) < 4.78 is 36.4. The maximum absolute atomic E-state index is 12.6. The predicted molar refractivity (Wildman–Crippen MR) is 100 cm³/mol. The standard InChI is InChI=1S/C16H16Cl2N2O5S/c1-19-26(22,23)9-4-5-11(17)10(6-9)16(21)20-13-8-14(24-2)12(18)7-15(13)25-3/h4-8,19H,1-3H3,(H,20,21). The number of nitrogens with one attached hydrogen (secondary N) is 2.